The highest BCUT2D eigenvalue weighted by molar-refractivity contribution is 7.99. The van der Waals surface area contributed by atoms with Gasteiger partial charge in [-0.25, -0.2) is 15.0 Å². The molecule has 0 spiro atoms. The van der Waals surface area contributed by atoms with Crippen molar-refractivity contribution in [3.8, 4) is 5.75 Å². The second-order valence-electron chi connectivity index (χ2n) is 8.99. The first-order chi connectivity index (χ1) is 15.3. The third-order valence-electron chi connectivity index (χ3n) is 5.53. The van der Waals surface area contributed by atoms with Crippen LogP contribution in [0.4, 0.5) is 11.6 Å². The highest BCUT2D eigenvalue weighted by Crippen LogP contribution is 2.31. The van der Waals surface area contributed by atoms with Gasteiger partial charge in [0.25, 0.3) is 0 Å². The molecule has 0 bridgehead atoms. The van der Waals surface area contributed by atoms with Gasteiger partial charge in [-0.1, -0.05) is 6.07 Å². The highest BCUT2D eigenvalue weighted by Gasteiger charge is 2.27. The van der Waals surface area contributed by atoms with E-state index in [-0.39, 0.29) is 5.54 Å². The summed E-state index contributed by atoms with van der Waals surface area (Å²) in [5, 5.41) is 4.89. The minimum Gasteiger partial charge on any atom is -0.497 e. The molecule has 0 unspecified atom stereocenters. The molecule has 0 saturated carbocycles. The van der Waals surface area contributed by atoms with Gasteiger partial charge in [0.2, 0.25) is 0 Å². The molecule has 0 radical (unpaired) electrons. The average Bonchev–Trinajstić information content (AvgIpc) is 3.17. The summed E-state index contributed by atoms with van der Waals surface area (Å²) in [7, 11) is 1.67. The van der Waals surface area contributed by atoms with E-state index in [2.05, 4.69) is 41.1 Å². The van der Waals surface area contributed by atoms with Crippen molar-refractivity contribution in [3.63, 3.8) is 0 Å². The van der Waals surface area contributed by atoms with Crippen molar-refractivity contribution >= 4 is 34.9 Å². The molecular formula is C23H31N7OS. The summed E-state index contributed by atoms with van der Waals surface area (Å²) in [5.74, 6) is 3.18. The predicted molar refractivity (Wildman–Crippen MR) is 131 cm³/mol. The molecule has 2 aliphatic heterocycles. The lowest BCUT2D eigenvalue weighted by Crippen LogP contribution is -2.53. The van der Waals surface area contributed by atoms with Gasteiger partial charge >= 0.3 is 0 Å². The third kappa shape index (κ3) is 5.58. The van der Waals surface area contributed by atoms with Gasteiger partial charge in [-0.15, -0.1) is 0 Å². The van der Waals surface area contributed by atoms with Gasteiger partial charge in [0, 0.05) is 54.8 Å². The molecule has 8 nitrogen and oxygen atoms in total. The van der Waals surface area contributed by atoms with Crippen molar-refractivity contribution in [2.45, 2.75) is 49.7 Å². The van der Waals surface area contributed by atoms with E-state index in [4.69, 9.17) is 19.7 Å². The fourth-order valence-electron chi connectivity index (χ4n) is 3.73. The van der Waals surface area contributed by atoms with Crippen LogP contribution in [-0.4, -0.2) is 65.2 Å². The molecule has 0 atom stereocenters. The van der Waals surface area contributed by atoms with Gasteiger partial charge in [-0.2, -0.15) is 5.10 Å². The van der Waals surface area contributed by atoms with Crippen LogP contribution in [0, 0.1) is 0 Å². The molecule has 1 N–H and O–H groups in total. The Morgan fingerprint density at radius 3 is 2.53 bits per heavy atom. The number of nitrogens with zero attached hydrogens (tertiary/aromatic N) is 6. The molecule has 2 aromatic rings. The van der Waals surface area contributed by atoms with Crippen molar-refractivity contribution in [1.29, 1.82) is 0 Å². The van der Waals surface area contributed by atoms with Gasteiger partial charge < -0.3 is 9.64 Å². The molecule has 32 heavy (non-hydrogen) atoms. The van der Waals surface area contributed by atoms with Crippen LogP contribution in [0.5, 0.6) is 5.75 Å². The lowest BCUT2D eigenvalue weighted by Gasteiger charge is -2.42. The molecule has 0 amide bonds. The van der Waals surface area contributed by atoms with Gasteiger partial charge in [0.15, 0.2) is 11.0 Å². The Bertz CT molecular complexity index is 1020. The maximum atomic E-state index is 5.36. The topological polar surface area (TPSA) is 78.2 Å². The minimum atomic E-state index is 0.175. The lowest BCUT2D eigenvalue weighted by molar-refractivity contribution is 0.128. The van der Waals surface area contributed by atoms with Gasteiger partial charge in [-0.05, 0) is 57.7 Å². The molecule has 9 heteroatoms. The van der Waals surface area contributed by atoms with E-state index in [1.807, 2.05) is 37.3 Å². The minimum absolute atomic E-state index is 0.175. The largest absolute Gasteiger partial charge is 0.497 e. The fraction of sp³-hybridized carbons (Fsp3) is 0.478. The number of aromatic nitrogens is 2. The second-order valence-corrected chi connectivity index (χ2v) is 10.0. The molecule has 4 rings (SSSR count). The van der Waals surface area contributed by atoms with Crippen LogP contribution in [-0.2, 0) is 0 Å². The van der Waals surface area contributed by atoms with E-state index in [1.165, 1.54) is 11.8 Å². The number of hydrogen-bond acceptors (Lipinski definition) is 8. The van der Waals surface area contributed by atoms with E-state index < -0.39 is 0 Å². The van der Waals surface area contributed by atoms with Crippen molar-refractivity contribution in [3.05, 3.63) is 30.3 Å². The first-order valence-corrected chi connectivity index (χ1v) is 11.7. The number of nitrogens with one attached hydrogen (secondary N) is 1. The molecule has 1 aromatic heterocycles. The molecule has 170 valence electrons. The third-order valence-corrected chi connectivity index (χ3v) is 6.38. The van der Waals surface area contributed by atoms with Gasteiger partial charge in [0.1, 0.15) is 17.4 Å². The number of aliphatic imine (C=N–C) groups is 1. The summed E-state index contributed by atoms with van der Waals surface area (Å²) in [6, 6.07) is 9.91. The van der Waals surface area contributed by atoms with Gasteiger partial charge in [0.05, 0.1) is 7.11 Å². The SMILES string of the molecule is COc1cccc(Sc2nc(/N=C3\CC(C)=NN3)cc(N3CCN(C(C)(C)C)CC3)n2)c1. The summed E-state index contributed by atoms with van der Waals surface area (Å²) in [4.78, 5) is 20.2. The molecule has 1 saturated heterocycles. The zero-order valence-electron chi connectivity index (χ0n) is 19.4. The van der Waals surface area contributed by atoms with Crippen LogP contribution in [0.25, 0.3) is 0 Å². The summed E-state index contributed by atoms with van der Waals surface area (Å²) >= 11 is 1.52. The number of anilines is 1. The number of hydrazone groups is 1. The standard InChI is InChI=1S/C23H31N7OS/c1-16-13-20(28-27-16)24-19-15-21(29-9-11-30(12-10-29)23(2,3)4)26-22(25-19)32-18-8-6-7-17(14-18)31-5/h6-8,14-15H,9-13H2,1-5H3,(H,24,25,26,28). The summed E-state index contributed by atoms with van der Waals surface area (Å²) in [6.45, 7) is 12.6. The van der Waals surface area contributed by atoms with E-state index in [0.717, 1.165) is 54.2 Å². The average molecular weight is 454 g/mol. The van der Waals surface area contributed by atoms with E-state index in [0.29, 0.717) is 17.4 Å². The Kier molecular flexibility index (Phi) is 6.66. The van der Waals surface area contributed by atoms with Crippen LogP contribution in [0.3, 0.4) is 0 Å². The lowest BCUT2D eigenvalue weighted by atomic mass is 10.1. The monoisotopic (exact) mass is 453 g/mol. The van der Waals surface area contributed by atoms with Crippen LogP contribution < -0.4 is 15.1 Å². The molecular weight excluding hydrogens is 422 g/mol. The van der Waals surface area contributed by atoms with E-state index >= 15 is 0 Å². The Morgan fingerprint density at radius 1 is 1.09 bits per heavy atom. The quantitative estimate of drug-likeness (QED) is 0.687. The second kappa shape index (κ2) is 9.46. The van der Waals surface area contributed by atoms with Gasteiger partial charge in [-0.3, -0.25) is 10.3 Å². The zero-order chi connectivity index (χ0) is 22.7. The summed E-state index contributed by atoms with van der Waals surface area (Å²) < 4.78 is 5.36. The number of amidine groups is 1. The van der Waals surface area contributed by atoms with E-state index in [9.17, 15) is 0 Å². The van der Waals surface area contributed by atoms with Crippen molar-refractivity contribution in [1.82, 2.24) is 20.3 Å². The maximum absolute atomic E-state index is 5.36. The summed E-state index contributed by atoms with van der Waals surface area (Å²) in [6.07, 6.45) is 0.710. The molecule has 1 aromatic carbocycles. The van der Waals surface area contributed by atoms with Crippen LogP contribution in [0.1, 0.15) is 34.1 Å². The molecule has 1 fully saturated rings. The molecule has 2 aliphatic rings. The number of ether oxygens (including phenoxy) is 1. The Morgan fingerprint density at radius 2 is 1.88 bits per heavy atom. The maximum Gasteiger partial charge on any atom is 0.196 e. The van der Waals surface area contributed by atoms with E-state index in [1.54, 1.807) is 7.11 Å². The Balaban J connectivity index is 1.60. The molecule has 3 heterocycles. The molecule has 0 aliphatic carbocycles. The zero-order valence-corrected chi connectivity index (χ0v) is 20.2. The normalized spacial score (nSPS) is 18.6. The van der Waals surface area contributed by atoms with Crippen molar-refractivity contribution in [2.75, 3.05) is 38.2 Å². The van der Waals surface area contributed by atoms with Crippen molar-refractivity contribution in [2.24, 2.45) is 10.1 Å². The number of benzene rings is 1. The Hall–Kier alpha value is -2.65. The fourth-order valence-corrected chi connectivity index (χ4v) is 4.54. The Labute approximate surface area is 194 Å². The first-order valence-electron chi connectivity index (χ1n) is 10.9. The van der Waals surface area contributed by atoms with Crippen LogP contribution >= 0.6 is 11.8 Å². The number of rotatable bonds is 5. The number of hydrogen-bond donors (Lipinski definition) is 1. The summed E-state index contributed by atoms with van der Waals surface area (Å²) in [5.41, 5.74) is 4.19. The van der Waals surface area contributed by atoms with Crippen molar-refractivity contribution < 1.29 is 4.74 Å². The number of methoxy groups -OCH3 is 1. The number of piperazine rings is 1. The highest BCUT2D eigenvalue weighted by atomic mass is 32.2. The van der Waals surface area contributed by atoms with Crippen LogP contribution in [0.15, 0.2) is 50.5 Å². The van der Waals surface area contributed by atoms with Crippen LogP contribution in [0.2, 0.25) is 0 Å². The first kappa shape index (κ1) is 22.5. The smallest absolute Gasteiger partial charge is 0.196 e. The predicted octanol–water partition coefficient (Wildman–Crippen LogP) is 3.96.